The normalized spacial score (nSPS) is 16.2. The molecule has 2 heterocycles. The molecule has 0 spiro atoms. The highest BCUT2D eigenvalue weighted by atomic mass is 35.5. The minimum absolute atomic E-state index is 0.0602. The van der Waals surface area contributed by atoms with Gasteiger partial charge in [0, 0.05) is 23.7 Å². The number of morpholine rings is 1. The Kier molecular flexibility index (Phi) is 4.37. The molecule has 0 saturated carbocycles. The minimum atomic E-state index is -3.92. The van der Waals surface area contributed by atoms with Gasteiger partial charge < -0.3 is 9.15 Å². The lowest BCUT2D eigenvalue weighted by Gasteiger charge is -2.24. The Morgan fingerprint density at radius 1 is 1.22 bits per heavy atom. The summed E-state index contributed by atoms with van der Waals surface area (Å²) < 4.78 is 37.0. The quantitative estimate of drug-likeness (QED) is 0.835. The van der Waals surface area contributed by atoms with Crippen LogP contribution in [0, 0.1) is 11.3 Å². The number of nitrogens with zero attached hydrogens (tertiary/aromatic N) is 3. The van der Waals surface area contributed by atoms with Crippen molar-refractivity contribution in [3.63, 3.8) is 0 Å². The number of benzene rings is 1. The topological polar surface area (TPSA) is 96.4 Å². The van der Waals surface area contributed by atoms with Gasteiger partial charge in [-0.25, -0.2) is 8.42 Å². The van der Waals surface area contributed by atoms with E-state index < -0.39 is 15.1 Å². The molecule has 9 heteroatoms. The van der Waals surface area contributed by atoms with Crippen LogP contribution in [0.3, 0.4) is 0 Å². The summed E-state index contributed by atoms with van der Waals surface area (Å²) >= 11 is 5.82. The summed E-state index contributed by atoms with van der Waals surface area (Å²) in [4.78, 5) is 3.98. The van der Waals surface area contributed by atoms with Gasteiger partial charge in [-0.15, -0.1) is 0 Å². The number of ether oxygens (including phenoxy) is 1. The van der Waals surface area contributed by atoms with E-state index in [0.717, 1.165) is 0 Å². The molecule has 0 atom stereocenters. The summed E-state index contributed by atoms with van der Waals surface area (Å²) in [6.07, 6.45) is 0. The van der Waals surface area contributed by atoms with Crippen molar-refractivity contribution >= 4 is 21.6 Å². The van der Waals surface area contributed by atoms with Gasteiger partial charge in [0.15, 0.2) is 5.69 Å². The molecule has 7 nitrogen and oxygen atoms in total. The lowest BCUT2D eigenvalue weighted by atomic mass is 10.2. The number of hydrogen-bond donors (Lipinski definition) is 0. The molecule has 3 rings (SSSR count). The Morgan fingerprint density at radius 2 is 1.87 bits per heavy atom. The van der Waals surface area contributed by atoms with Crippen molar-refractivity contribution in [3.05, 3.63) is 35.0 Å². The molecular weight excluding hydrogens is 342 g/mol. The molecule has 23 heavy (non-hydrogen) atoms. The molecular formula is C14H12ClN3O4S. The second-order valence-electron chi connectivity index (χ2n) is 4.79. The molecule has 0 N–H and O–H groups in total. The second-order valence-corrected chi connectivity index (χ2v) is 7.06. The van der Waals surface area contributed by atoms with E-state index in [4.69, 9.17) is 20.8 Å². The standard InChI is InChI=1S/C14H12ClN3O4S/c15-11-3-1-10(2-4-11)13-17-12(9-16)14(22-13)23(19,20)18-5-7-21-8-6-18/h1-4H,5-8H2. The molecule has 0 bridgehead atoms. The summed E-state index contributed by atoms with van der Waals surface area (Å²) in [6, 6.07) is 8.31. The highest BCUT2D eigenvalue weighted by molar-refractivity contribution is 7.89. The second kappa shape index (κ2) is 6.29. The zero-order valence-corrected chi connectivity index (χ0v) is 13.5. The van der Waals surface area contributed by atoms with E-state index in [1.807, 2.05) is 0 Å². The van der Waals surface area contributed by atoms with E-state index in [9.17, 15) is 13.7 Å². The number of rotatable bonds is 3. The van der Waals surface area contributed by atoms with Crippen LogP contribution in [0.4, 0.5) is 0 Å². The minimum Gasteiger partial charge on any atom is -0.422 e. The van der Waals surface area contributed by atoms with E-state index in [2.05, 4.69) is 4.98 Å². The number of oxazole rings is 1. The average molecular weight is 354 g/mol. The van der Waals surface area contributed by atoms with Crippen LogP contribution in [0.2, 0.25) is 5.02 Å². The summed E-state index contributed by atoms with van der Waals surface area (Å²) in [5.74, 6) is 0.0602. The van der Waals surface area contributed by atoms with E-state index >= 15 is 0 Å². The summed E-state index contributed by atoms with van der Waals surface area (Å²) in [6.45, 7) is 1.03. The van der Waals surface area contributed by atoms with Crippen LogP contribution in [0.15, 0.2) is 33.8 Å². The first-order chi connectivity index (χ1) is 11.0. The van der Waals surface area contributed by atoms with Crippen molar-refractivity contribution in [2.45, 2.75) is 5.09 Å². The first-order valence-corrected chi connectivity index (χ1v) is 8.59. The Morgan fingerprint density at radius 3 is 2.48 bits per heavy atom. The Balaban J connectivity index is 2.02. The van der Waals surface area contributed by atoms with Crippen molar-refractivity contribution < 1.29 is 17.6 Å². The van der Waals surface area contributed by atoms with Crippen molar-refractivity contribution in [2.75, 3.05) is 26.3 Å². The molecule has 1 aromatic carbocycles. The lowest BCUT2D eigenvalue weighted by Crippen LogP contribution is -2.40. The molecule has 1 fully saturated rings. The van der Waals surface area contributed by atoms with Crippen molar-refractivity contribution in [1.82, 2.24) is 9.29 Å². The number of nitriles is 1. The molecule has 1 saturated heterocycles. The zero-order chi connectivity index (χ0) is 16.4. The van der Waals surface area contributed by atoms with E-state index in [-0.39, 0.29) is 24.7 Å². The van der Waals surface area contributed by atoms with Gasteiger partial charge in [0.25, 0.3) is 15.1 Å². The molecule has 0 radical (unpaired) electrons. The first kappa shape index (κ1) is 16.0. The number of aromatic nitrogens is 1. The van der Waals surface area contributed by atoms with Gasteiger partial charge >= 0.3 is 0 Å². The molecule has 2 aromatic rings. The predicted octanol–water partition coefficient (Wildman–Crippen LogP) is 1.89. The molecule has 1 aliphatic heterocycles. The third kappa shape index (κ3) is 3.09. The highest BCUT2D eigenvalue weighted by Crippen LogP contribution is 2.28. The Labute approximate surface area is 138 Å². The van der Waals surface area contributed by atoms with Crippen LogP contribution in [0.5, 0.6) is 0 Å². The van der Waals surface area contributed by atoms with Crippen LogP contribution in [0.25, 0.3) is 11.5 Å². The number of sulfonamides is 1. The van der Waals surface area contributed by atoms with Crippen molar-refractivity contribution in [3.8, 4) is 17.5 Å². The third-order valence-corrected chi connectivity index (χ3v) is 5.38. The maximum absolute atomic E-state index is 12.6. The maximum atomic E-state index is 12.6. The summed E-state index contributed by atoms with van der Waals surface area (Å²) in [7, 11) is -3.92. The number of hydrogen-bond acceptors (Lipinski definition) is 6. The van der Waals surface area contributed by atoms with Gasteiger partial charge in [-0.3, -0.25) is 0 Å². The molecule has 120 valence electrons. The van der Waals surface area contributed by atoms with Crippen molar-refractivity contribution in [1.29, 1.82) is 5.26 Å². The van der Waals surface area contributed by atoms with Crippen LogP contribution in [-0.2, 0) is 14.8 Å². The predicted molar refractivity (Wildman–Crippen MR) is 81.2 cm³/mol. The summed E-state index contributed by atoms with van der Waals surface area (Å²) in [5, 5.41) is 9.27. The van der Waals surface area contributed by atoms with Gasteiger partial charge in [-0.1, -0.05) is 11.6 Å². The fourth-order valence-electron chi connectivity index (χ4n) is 2.17. The lowest BCUT2D eigenvalue weighted by molar-refractivity contribution is 0.0724. The van der Waals surface area contributed by atoms with Gasteiger partial charge in [-0.2, -0.15) is 14.6 Å². The maximum Gasteiger partial charge on any atom is 0.279 e. The molecule has 1 aliphatic rings. The fraction of sp³-hybridized carbons (Fsp3) is 0.286. The van der Waals surface area contributed by atoms with E-state index in [1.54, 1.807) is 30.3 Å². The van der Waals surface area contributed by atoms with Gasteiger partial charge in [0.1, 0.15) is 6.07 Å². The summed E-state index contributed by atoms with van der Waals surface area (Å²) in [5.41, 5.74) is 0.274. The van der Waals surface area contributed by atoms with Gasteiger partial charge in [0.2, 0.25) is 5.89 Å². The Bertz CT molecular complexity index is 849. The average Bonchev–Trinajstić information content (AvgIpc) is 3.01. The van der Waals surface area contributed by atoms with E-state index in [1.165, 1.54) is 4.31 Å². The van der Waals surface area contributed by atoms with Gasteiger partial charge in [-0.05, 0) is 24.3 Å². The first-order valence-electron chi connectivity index (χ1n) is 6.77. The smallest absolute Gasteiger partial charge is 0.279 e. The fourth-order valence-corrected chi connectivity index (χ4v) is 3.68. The van der Waals surface area contributed by atoms with Crippen LogP contribution in [0.1, 0.15) is 5.69 Å². The largest absolute Gasteiger partial charge is 0.422 e. The molecule has 0 amide bonds. The Hall–Kier alpha value is -1.92. The monoisotopic (exact) mass is 353 g/mol. The van der Waals surface area contributed by atoms with Gasteiger partial charge in [0.05, 0.1) is 13.2 Å². The van der Waals surface area contributed by atoms with Crippen molar-refractivity contribution in [2.24, 2.45) is 0 Å². The third-order valence-electron chi connectivity index (χ3n) is 3.34. The molecule has 0 unspecified atom stereocenters. The highest BCUT2D eigenvalue weighted by Gasteiger charge is 2.33. The van der Waals surface area contributed by atoms with Crippen LogP contribution >= 0.6 is 11.6 Å². The molecule has 0 aliphatic carbocycles. The van der Waals surface area contributed by atoms with E-state index in [0.29, 0.717) is 23.8 Å². The molecule has 1 aromatic heterocycles. The van der Waals surface area contributed by atoms with Crippen LogP contribution in [-0.4, -0.2) is 44.0 Å². The number of halogens is 1. The SMILES string of the molecule is N#Cc1nc(-c2ccc(Cl)cc2)oc1S(=O)(=O)N1CCOCC1. The zero-order valence-electron chi connectivity index (χ0n) is 11.9. The van der Waals surface area contributed by atoms with Crippen LogP contribution < -0.4 is 0 Å².